The minimum Gasteiger partial charge on any atom is -0.507 e. The molecular formula is C38H47NO13. The number of ketones is 1. The fraction of sp³-hybridized carbons (Fsp3) is 0.474. The van der Waals surface area contributed by atoms with Crippen LogP contribution in [-0.4, -0.2) is 86.8 Å². The Kier molecular flexibility index (Phi) is 11.8. The number of allylic oxidation sites excluding steroid dienone is 2. The molecule has 1 amide bonds. The van der Waals surface area contributed by atoms with Gasteiger partial charge in [-0.25, -0.2) is 0 Å². The normalized spacial score (nSPS) is 32.3. The molecule has 14 nitrogen and oxygen atoms in total. The van der Waals surface area contributed by atoms with Gasteiger partial charge in [-0.2, -0.15) is 0 Å². The van der Waals surface area contributed by atoms with Crippen LogP contribution in [0, 0.1) is 30.6 Å². The lowest BCUT2D eigenvalue weighted by Crippen LogP contribution is -2.46. The van der Waals surface area contributed by atoms with Gasteiger partial charge in [0.15, 0.2) is 12.0 Å². The van der Waals surface area contributed by atoms with Gasteiger partial charge in [-0.3, -0.25) is 19.2 Å². The van der Waals surface area contributed by atoms with E-state index in [0.717, 1.165) is 6.26 Å². The van der Waals surface area contributed by atoms with Gasteiger partial charge >= 0.3 is 11.8 Å². The van der Waals surface area contributed by atoms with E-state index in [1.54, 1.807) is 33.8 Å². The summed E-state index contributed by atoms with van der Waals surface area (Å²) >= 11 is 0. The third-order valence-corrected chi connectivity index (χ3v) is 10.2. The summed E-state index contributed by atoms with van der Waals surface area (Å²) in [7, 11) is 1.41. The molecule has 3 aliphatic heterocycles. The van der Waals surface area contributed by atoms with Crippen LogP contribution in [0.3, 0.4) is 0 Å². The number of Topliss-reactive ketones (excluding diaryl/α,β-unsaturated/α-hetero) is 1. The van der Waals surface area contributed by atoms with Crippen molar-refractivity contribution in [3.05, 3.63) is 52.8 Å². The zero-order chi connectivity index (χ0) is 39.0. The summed E-state index contributed by atoms with van der Waals surface area (Å²) in [5, 5.41) is 58.2. The van der Waals surface area contributed by atoms with Crippen molar-refractivity contribution in [3.63, 3.8) is 0 Å². The van der Waals surface area contributed by atoms with Crippen molar-refractivity contribution in [2.24, 2.45) is 23.7 Å². The fourth-order valence-electron chi connectivity index (χ4n) is 6.86. The number of esters is 1. The van der Waals surface area contributed by atoms with Gasteiger partial charge < -0.3 is 49.8 Å². The summed E-state index contributed by atoms with van der Waals surface area (Å²) in [6.45, 7) is 12.2. The first-order valence-corrected chi connectivity index (χ1v) is 16.9. The van der Waals surface area contributed by atoms with E-state index in [9.17, 15) is 44.7 Å². The molecular weight excluding hydrogens is 678 g/mol. The van der Waals surface area contributed by atoms with Crippen LogP contribution in [0.4, 0.5) is 5.69 Å². The van der Waals surface area contributed by atoms with Crippen LogP contribution >= 0.6 is 0 Å². The van der Waals surface area contributed by atoms with E-state index in [0.29, 0.717) is 0 Å². The average Bonchev–Trinajstić information content (AvgIpc) is 3.36. The number of methoxy groups -OCH3 is 1. The van der Waals surface area contributed by atoms with E-state index < -0.39 is 111 Å². The third-order valence-electron chi connectivity index (χ3n) is 10.2. The van der Waals surface area contributed by atoms with Crippen molar-refractivity contribution >= 4 is 40.4 Å². The number of fused-ring (bicyclic) bond motifs is 14. The number of hydrogen-bond donors (Lipinski definition) is 6. The largest absolute Gasteiger partial charge is 0.507 e. The van der Waals surface area contributed by atoms with Crippen molar-refractivity contribution < 1.29 is 63.7 Å². The topological polar surface area (TPSA) is 218 Å². The zero-order valence-electron chi connectivity index (χ0n) is 30.6. The minimum atomic E-state index is -2.08. The van der Waals surface area contributed by atoms with Gasteiger partial charge in [0.25, 0.3) is 11.7 Å². The Hall–Kier alpha value is -4.92. The van der Waals surface area contributed by atoms with E-state index in [1.807, 2.05) is 0 Å². The maximum absolute atomic E-state index is 14.0. The van der Waals surface area contributed by atoms with Gasteiger partial charge in [-0.05, 0) is 19.9 Å². The Morgan fingerprint density at radius 1 is 0.942 bits per heavy atom. The van der Waals surface area contributed by atoms with Gasteiger partial charge in [0.2, 0.25) is 0 Å². The molecule has 0 aromatic heterocycles. The summed E-state index contributed by atoms with van der Waals surface area (Å²) in [6.07, 6.45) is 3.41. The molecule has 0 saturated carbocycles. The van der Waals surface area contributed by atoms with Gasteiger partial charge in [-0.1, -0.05) is 45.9 Å². The lowest BCUT2D eigenvalue weighted by atomic mass is 9.78. The SMILES string of the molecule is COC1/C=C/OC2(C)Oc3c(C)c(O)c4c(O)c(c(C=O)c(O)c4c3C2=O)NC(=O)/C(C)=C\C=C\C(C)C(O)C(C)C(O)C(C)C(OC(C)=O)C1C. The molecule has 9 atom stereocenters. The number of aliphatic hydroxyl groups is 2. The van der Waals surface area contributed by atoms with E-state index in [-0.39, 0.29) is 28.7 Å². The minimum absolute atomic E-state index is 0.00425. The lowest BCUT2D eigenvalue weighted by molar-refractivity contribution is -0.160. The number of anilines is 1. The Morgan fingerprint density at radius 2 is 1.60 bits per heavy atom. The second kappa shape index (κ2) is 15.4. The molecule has 282 valence electrons. The van der Waals surface area contributed by atoms with Crippen molar-refractivity contribution in [2.75, 3.05) is 12.4 Å². The van der Waals surface area contributed by atoms with Gasteiger partial charge in [0.1, 0.15) is 23.4 Å². The van der Waals surface area contributed by atoms with E-state index in [2.05, 4.69) is 5.32 Å². The molecule has 0 aliphatic carbocycles. The maximum atomic E-state index is 14.0. The van der Waals surface area contributed by atoms with Crippen LogP contribution in [0.1, 0.15) is 74.7 Å². The summed E-state index contributed by atoms with van der Waals surface area (Å²) < 4.78 is 23.1. The highest BCUT2D eigenvalue weighted by molar-refractivity contribution is 6.23. The number of aldehydes is 1. The molecule has 5 rings (SSSR count). The molecule has 0 saturated heterocycles. The molecule has 0 spiro atoms. The highest BCUT2D eigenvalue weighted by atomic mass is 16.7. The average molecular weight is 726 g/mol. The zero-order valence-corrected chi connectivity index (χ0v) is 30.6. The number of phenolic OH excluding ortho intramolecular Hbond substituents is 3. The molecule has 0 radical (unpaired) electrons. The van der Waals surface area contributed by atoms with E-state index in [1.165, 1.54) is 53.0 Å². The quantitative estimate of drug-likeness (QED) is 0.111. The summed E-state index contributed by atoms with van der Waals surface area (Å²) in [4.78, 5) is 51.8. The van der Waals surface area contributed by atoms with Gasteiger partial charge in [0.05, 0.1) is 46.8 Å². The number of benzene rings is 2. The Bertz CT molecular complexity index is 1860. The first-order valence-electron chi connectivity index (χ1n) is 16.9. The number of carbonyl (C=O) groups is 4. The summed E-state index contributed by atoms with van der Waals surface area (Å²) in [5.41, 5.74) is -1.27. The Balaban J connectivity index is 1.93. The van der Waals surface area contributed by atoms with Crippen LogP contribution < -0.4 is 10.1 Å². The molecule has 0 fully saturated rings. The highest BCUT2D eigenvalue weighted by Crippen LogP contribution is 2.55. The number of aromatic hydroxyl groups is 3. The molecule has 6 N–H and O–H groups in total. The van der Waals surface area contributed by atoms with Crippen molar-refractivity contribution in [1.29, 1.82) is 0 Å². The number of nitrogens with one attached hydrogen (secondary N) is 1. The van der Waals surface area contributed by atoms with E-state index >= 15 is 0 Å². The number of rotatable bonds is 3. The first kappa shape index (κ1) is 39.9. The van der Waals surface area contributed by atoms with Crippen LogP contribution in [0.5, 0.6) is 23.0 Å². The number of hydrogen-bond acceptors (Lipinski definition) is 13. The molecule has 52 heavy (non-hydrogen) atoms. The second-order valence-corrected chi connectivity index (χ2v) is 13.7. The standard InChI is InChI=1S/C38H47NO13/c1-16-11-10-12-17(2)37(48)39-28-23(15-40)32(45)25-26(33(28)46)31(44)21(6)35-27(25)36(47)38(8,52-35)50-14-13-24(49-9)18(3)34(51-22(7)41)20(5)30(43)19(4)29(16)42/h10-16,18-20,24,29-30,34,42-46H,1-9H3,(H,39,48)/b11-10+,14-13+,17-12-. The molecule has 2 aromatic rings. The second-order valence-electron chi connectivity index (χ2n) is 13.7. The van der Waals surface area contributed by atoms with Crippen molar-refractivity contribution in [2.45, 2.75) is 85.6 Å². The lowest BCUT2D eigenvalue weighted by Gasteiger charge is -2.38. The monoisotopic (exact) mass is 725 g/mol. The number of phenols is 3. The number of aliphatic hydroxyl groups excluding tert-OH is 2. The van der Waals surface area contributed by atoms with Crippen LogP contribution in [0.15, 0.2) is 36.1 Å². The van der Waals surface area contributed by atoms with E-state index in [4.69, 9.17) is 18.9 Å². The summed E-state index contributed by atoms with van der Waals surface area (Å²) in [6, 6.07) is 0. The Labute approximate surface area is 301 Å². The van der Waals surface area contributed by atoms with Gasteiger partial charge in [0, 0.05) is 61.2 Å². The molecule has 9 unspecified atom stereocenters. The highest BCUT2D eigenvalue weighted by Gasteiger charge is 2.50. The Morgan fingerprint density at radius 3 is 2.19 bits per heavy atom. The predicted octanol–water partition coefficient (Wildman–Crippen LogP) is 4.57. The molecule has 5 bridgehead atoms. The summed E-state index contributed by atoms with van der Waals surface area (Å²) in [5.74, 6) is -9.19. The van der Waals surface area contributed by atoms with Crippen LogP contribution in [0.25, 0.3) is 10.8 Å². The maximum Gasteiger partial charge on any atom is 0.312 e. The number of amides is 1. The number of ether oxygens (including phenoxy) is 4. The first-order chi connectivity index (χ1) is 24.3. The fourth-order valence-corrected chi connectivity index (χ4v) is 6.86. The van der Waals surface area contributed by atoms with Gasteiger partial charge in [-0.15, -0.1) is 0 Å². The van der Waals surface area contributed by atoms with Crippen molar-refractivity contribution in [1.82, 2.24) is 0 Å². The predicted molar refractivity (Wildman–Crippen MR) is 189 cm³/mol. The smallest absolute Gasteiger partial charge is 0.312 e. The number of carbonyl (C=O) groups excluding carboxylic acids is 4. The molecule has 14 heteroatoms. The van der Waals surface area contributed by atoms with Crippen LogP contribution in [-0.2, 0) is 23.8 Å². The van der Waals surface area contributed by atoms with Crippen molar-refractivity contribution in [3.8, 4) is 23.0 Å². The van der Waals surface area contributed by atoms with Crippen LogP contribution in [0.2, 0.25) is 0 Å². The molecule has 3 heterocycles. The molecule has 2 aromatic carbocycles. The molecule has 3 aliphatic rings. The third kappa shape index (κ3) is 7.10.